The molecule has 1 aromatic rings. The Hall–Kier alpha value is -0.460. The molecule has 104 valence electrons. The Labute approximate surface area is 114 Å². The molecule has 0 atom stereocenters. The largest absolute Gasteiger partial charge is 0.246 e. The maximum atomic E-state index is 11.7. The predicted molar refractivity (Wildman–Crippen MR) is 76.4 cm³/mol. The maximum Gasteiger partial charge on any atom is 0.211 e. The zero-order valence-electron chi connectivity index (χ0n) is 11.3. The molecule has 1 rings (SSSR count). The molecule has 0 unspecified atom stereocenters. The summed E-state index contributed by atoms with van der Waals surface area (Å²) in [5.41, 5.74) is 0.946. The van der Waals surface area contributed by atoms with Crippen molar-refractivity contribution in [1.82, 2.24) is 9.71 Å². The van der Waals surface area contributed by atoms with E-state index in [1.54, 1.807) is 11.3 Å². The quantitative estimate of drug-likeness (QED) is 0.800. The lowest BCUT2D eigenvalue weighted by molar-refractivity contribution is 0.578. The second-order valence-corrected chi connectivity index (χ2v) is 7.45. The van der Waals surface area contributed by atoms with Crippen molar-refractivity contribution in [2.75, 3.05) is 5.75 Å². The van der Waals surface area contributed by atoms with Gasteiger partial charge >= 0.3 is 0 Å². The summed E-state index contributed by atoms with van der Waals surface area (Å²) in [6, 6.07) is 0. The fraction of sp³-hybridized carbons (Fsp3) is 0.750. The van der Waals surface area contributed by atoms with Crippen molar-refractivity contribution in [2.24, 2.45) is 0 Å². The predicted octanol–water partition coefficient (Wildman–Crippen LogP) is 2.62. The molecule has 0 saturated heterocycles. The van der Waals surface area contributed by atoms with Gasteiger partial charge in [0.05, 0.1) is 16.5 Å². The number of unbranched alkanes of at least 4 members (excludes halogenated alkanes) is 1. The molecule has 18 heavy (non-hydrogen) atoms. The Balaban J connectivity index is 2.57. The van der Waals surface area contributed by atoms with Gasteiger partial charge in [0.1, 0.15) is 0 Å². The van der Waals surface area contributed by atoms with Crippen LogP contribution in [0.1, 0.15) is 48.7 Å². The van der Waals surface area contributed by atoms with E-state index in [1.165, 1.54) is 0 Å². The summed E-state index contributed by atoms with van der Waals surface area (Å²) < 4.78 is 26.0. The van der Waals surface area contributed by atoms with Crippen molar-refractivity contribution < 1.29 is 8.42 Å². The first-order valence-electron chi connectivity index (χ1n) is 6.41. The van der Waals surface area contributed by atoms with Crippen LogP contribution in [0.15, 0.2) is 0 Å². The Morgan fingerprint density at radius 2 is 2.00 bits per heavy atom. The fourth-order valence-corrected chi connectivity index (χ4v) is 3.93. The second kappa shape index (κ2) is 7.21. The third-order valence-corrected chi connectivity index (χ3v) is 5.25. The highest BCUT2D eigenvalue weighted by Gasteiger charge is 2.12. The average Bonchev–Trinajstić information content (AvgIpc) is 2.65. The summed E-state index contributed by atoms with van der Waals surface area (Å²) in [6.07, 6.45) is 3.63. The molecule has 0 spiro atoms. The number of aromatic nitrogens is 1. The Morgan fingerprint density at radius 3 is 2.61 bits per heavy atom. The fourth-order valence-electron chi connectivity index (χ4n) is 1.56. The van der Waals surface area contributed by atoms with Gasteiger partial charge in [-0.25, -0.2) is 18.1 Å². The van der Waals surface area contributed by atoms with Crippen LogP contribution in [0.5, 0.6) is 0 Å². The summed E-state index contributed by atoms with van der Waals surface area (Å²) in [5, 5.41) is 1.10. The highest BCUT2D eigenvalue weighted by molar-refractivity contribution is 7.89. The third-order valence-electron chi connectivity index (χ3n) is 2.62. The molecule has 0 radical (unpaired) electrons. The minimum Gasteiger partial charge on any atom is -0.246 e. The number of sulfonamides is 1. The molecule has 0 amide bonds. The maximum absolute atomic E-state index is 11.7. The summed E-state index contributed by atoms with van der Waals surface area (Å²) in [6.45, 7) is 6.41. The van der Waals surface area contributed by atoms with Gasteiger partial charge in [0.2, 0.25) is 10.0 Å². The number of aryl methyl sites for hydroxylation is 2. The van der Waals surface area contributed by atoms with E-state index in [1.807, 2.05) is 13.8 Å². The van der Waals surface area contributed by atoms with Crippen LogP contribution in [0.2, 0.25) is 0 Å². The normalized spacial score (nSPS) is 11.9. The van der Waals surface area contributed by atoms with Crippen LogP contribution >= 0.6 is 11.3 Å². The van der Waals surface area contributed by atoms with Crippen LogP contribution in [0.4, 0.5) is 0 Å². The Kier molecular flexibility index (Phi) is 6.25. The van der Waals surface area contributed by atoms with Gasteiger partial charge in [0, 0.05) is 11.4 Å². The number of hydrogen-bond donors (Lipinski definition) is 1. The number of nitrogens with one attached hydrogen (secondary N) is 1. The van der Waals surface area contributed by atoms with E-state index in [0.717, 1.165) is 34.8 Å². The van der Waals surface area contributed by atoms with Gasteiger partial charge in [-0.1, -0.05) is 20.3 Å². The monoisotopic (exact) mass is 290 g/mol. The highest BCUT2D eigenvalue weighted by atomic mass is 32.2. The molecule has 1 N–H and O–H groups in total. The van der Waals surface area contributed by atoms with Gasteiger partial charge in [-0.15, -0.1) is 11.3 Å². The second-order valence-electron chi connectivity index (χ2n) is 4.36. The van der Waals surface area contributed by atoms with Gasteiger partial charge in [-0.05, 0) is 26.2 Å². The van der Waals surface area contributed by atoms with Crippen LogP contribution in [0.3, 0.4) is 0 Å². The van der Waals surface area contributed by atoms with Gasteiger partial charge in [-0.3, -0.25) is 0 Å². The van der Waals surface area contributed by atoms with Gasteiger partial charge in [-0.2, -0.15) is 0 Å². The average molecular weight is 290 g/mol. The molecule has 0 aliphatic carbocycles. The van der Waals surface area contributed by atoms with Crippen LogP contribution in [0, 0.1) is 6.92 Å². The van der Waals surface area contributed by atoms with Gasteiger partial charge < -0.3 is 0 Å². The van der Waals surface area contributed by atoms with Crippen LogP contribution < -0.4 is 4.72 Å². The Bertz CT molecular complexity index is 466. The zero-order chi connectivity index (χ0) is 13.6. The lowest BCUT2D eigenvalue weighted by Gasteiger charge is -2.04. The first-order chi connectivity index (χ1) is 8.48. The number of hydrogen-bond acceptors (Lipinski definition) is 4. The van der Waals surface area contributed by atoms with Crippen molar-refractivity contribution in [1.29, 1.82) is 0 Å². The molecule has 0 saturated carbocycles. The number of rotatable bonds is 8. The molecule has 0 bridgehead atoms. The molecule has 0 aromatic carbocycles. The molecular formula is C12H22N2O2S2. The Morgan fingerprint density at radius 1 is 1.28 bits per heavy atom. The molecule has 1 aromatic heterocycles. The number of thiazole rings is 1. The topological polar surface area (TPSA) is 59.1 Å². The molecule has 1 heterocycles. The van der Waals surface area contributed by atoms with Crippen molar-refractivity contribution in [2.45, 2.75) is 53.0 Å². The third kappa shape index (κ3) is 5.04. The smallest absolute Gasteiger partial charge is 0.211 e. The van der Waals surface area contributed by atoms with Gasteiger partial charge in [0.15, 0.2) is 0 Å². The van der Waals surface area contributed by atoms with E-state index in [0.29, 0.717) is 13.0 Å². The minimum absolute atomic E-state index is 0.211. The summed E-state index contributed by atoms with van der Waals surface area (Å²) >= 11 is 1.61. The van der Waals surface area contributed by atoms with E-state index in [4.69, 9.17) is 0 Å². The molecular weight excluding hydrogens is 268 g/mol. The lowest BCUT2D eigenvalue weighted by atomic mass is 10.3. The van der Waals surface area contributed by atoms with E-state index in [9.17, 15) is 8.42 Å². The minimum atomic E-state index is -3.13. The van der Waals surface area contributed by atoms with Gasteiger partial charge in [0.25, 0.3) is 0 Å². The molecule has 4 nitrogen and oxygen atoms in total. The van der Waals surface area contributed by atoms with Crippen LogP contribution in [0.25, 0.3) is 0 Å². The summed E-state index contributed by atoms with van der Waals surface area (Å²) in [5.74, 6) is 0.211. The van der Waals surface area contributed by atoms with Crippen LogP contribution in [-0.2, 0) is 23.0 Å². The van der Waals surface area contributed by atoms with E-state index >= 15 is 0 Å². The van der Waals surface area contributed by atoms with Crippen molar-refractivity contribution in [3.63, 3.8) is 0 Å². The molecule has 0 aliphatic rings. The van der Waals surface area contributed by atoms with Crippen molar-refractivity contribution in [3.8, 4) is 0 Å². The zero-order valence-corrected chi connectivity index (χ0v) is 13.0. The standard InChI is InChI=1S/C12H22N2O2S2/c1-4-6-8-18(15,16)13-9-11-10(3)14-12(17-11)7-5-2/h13H,4-9H2,1-3H3. The van der Waals surface area contributed by atoms with E-state index in [2.05, 4.69) is 16.6 Å². The van der Waals surface area contributed by atoms with E-state index in [-0.39, 0.29) is 5.75 Å². The molecule has 6 heteroatoms. The summed E-state index contributed by atoms with van der Waals surface area (Å²) in [7, 11) is -3.13. The number of nitrogens with zero attached hydrogens (tertiary/aromatic N) is 1. The SMILES string of the molecule is CCCCS(=O)(=O)NCc1sc(CCC)nc1C. The van der Waals surface area contributed by atoms with Crippen molar-refractivity contribution in [3.05, 3.63) is 15.6 Å². The summed E-state index contributed by atoms with van der Waals surface area (Å²) in [4.78, 5) is 5.47. The molecule has 0 fully saturated rings. The van der Waals surface area contributed by atoms with E-state index < -0.39 is 10.0 Å². The van der Waals surface area contributed by atoms with Crippen molar-refractivity contribution >= 4 is 21.4 Å². The highest BCUT2D eigenvalue weighted by Crippen LogP contribution is 2.19. The first kappa shape index (κ1) is 15.6. The first-order valence-corrected chi connectivity index (χ1v) is 8.88. The lowest BCUT2D eigenvalue weighted by Crippen LogP contribution is -2.25. The van der Waals surface area contributed by atoms with Crippen LogP contribution in [-0.4, -0.2) is 19.2 Å². The molecule has 0 aliphatic heterocycles.